The Bertz CT molecular complexity index is 396. The van der Waals surface area contributed by atoms with E-state index in [1.807, 2.05) is 0 Å². The van der Waals surface area contributed by atoms with E-state index in [0.717, 1.165) is 24.2 Å². The Balaban J connectivity index is 2.01. The van der Waals surface area contributed by atoms with Gasteiger partial charge in [0.25, 0.3) is 0 Å². The Morgan fingerprint density at radius 1 is 1.37 bits per heavy atom. The van der Waals surface area contributed by atoms with Crippen LogP contribution in [0, 0.1) is 0 Å². The number of hydrazine groups is 1. The van der Waals surface area contributed by atoms with Gasteiger partial charge in [-0.3, -0.25) is 0 Å². The molecule has 0 saturated carbocycles. The maximum absolute atomic E-state index is 5.58. The summed E-state index contributed by atoms with van der Waals surface area (Å²) in [6, 6.07) is 0. The van der Waals surface area contributed by atoms with Crippen molar-refractivity contribution in [3.05, 3.63) is 11.9 Å². The van der Waals surface area contributed by atoms with E-state index in [2.05, 4.69) is 27.6 Å². The largest absolute Gasteiger partial charge is 0.376 e. The molecule has 1 aliphatic heterocycles. The third kappa shape index (κ3) is 3.76. The Morgan fingerprint density at radius 2 is 2.21 bits per heavy atom. The predicted molar refractivity (Wildman–Crippen MR) is 72.9 cm³/mol. The average molecular weight is 267 g/mol. The molecule has 2 rings (SSSR count). The molecule has 1 aromatic rings. The molecule has 7 nitrogen and oxygen atoms in total. The summed E-state index contributed by atoms with van der Waals surface area (Å²) < 4.78 is 10.9. The Labute approximate surface area is 112 Å². The molecule has 1 fully saturated rings. The second-order valence-corrected chi connectivity index (χ2v) is 4.39. The highest BCUT2D eigenvalue weighted by Gasteiger charge is 2.16. The lowest BCUT2D eigenvalue weighted by Gasteiger charge is -2.24. The van der Waals surface area contributed by atoms with Crippen LogP contribution in [0.4, 0.5) is 11.6 Å². The summed E-state index contributed by atoms with van der Waals surface area (Å²) in [6.45, 7) is 4.70. The maximum Gasteiger partial charge on any atom is 0.148 e. The zero-order chi connectivity index (χ0) is 13.5. The van der Waals surface area contributed by atoms with Crippen LogP contribution in [0.2, 0.25) is 0 Å². The van der Waals surface area contributed by atoms with Crippen molar-refractivity contribution in [2.45, 2.75) is 25.9 Å². The third-order valence-electron chi connectivity index (χ3n) is 2.96. The van der Waals surface area contributed by atoms with E-state index in [1.54, 1.807) is 0 Å². The number of nitrogens with one attached hydrogen (secondary N) is 2. The highest BCUT2D eigenvalue weighted by atomic mass is 16.6. The molecule has 1 atom stereocenters. The smallest absolute Gasteiger partial charge is 0.148 e. The molecule has 0 aromatic carbocycles. The molecule has 0 radical (unpaired) electrons. The van der Waals surface area contributed by atoms with Crippen molar-refractivity contribution in [3.63, 3.8) is 0 Å². The van der Waals surface area contributed by atoms with E-state index < -0.39 is 0 Å². The van der Waals surface area contributed by atoms with E-state index in [-0.39, 0.29) is 6.10 Å². The van der Waals surface area contributed by atoms with Crippen molar-refractivity contribution in [3.8, 4) is 0 Å². The van der Waals surface area contributed by atoms with Crippen molar-refractivity contribution >= 4 is 11.6 Å². The number of rotatable bonds is 6. The van der Waals surface area contributed by atoms with Crippen LogP contribution in [-0.4, -0.2) is 42.4 Å². The highest BCUT2D eigenvalue weighted by Crippen LogP contribution is 2.21. The van der Waals surface area contributed by atoms with Crippen molar-refractivity contribution in [1.29, 1.82) is 0 Å². The van der Waals surface area contributed by atoms with Gasteiger partial charge in [0.1, 0.15) is 18.0 Å². The average Bonchev–Trinajstić information content (AvgIpc) is 2.47. The van der Waals surface area contributed by atoms with Gasteiger partial charge in [-0.15, -0.1) is 0 Å². The summed E-state index contributed by atoms with van der Waals surface area (Å²) in [4.78, 5) is 8.40. The van der Waals surface area contributed by atoms with Crippen molar-refractivity contribution in [2.75, 3.05) is 37.1 Å². The normalized spacial score (nSPS) is 19.2. The molecule has 0 bridgehead atoms. The number of hydrogen-bond donors (Lipinski definition) is 3. The van der Waals surface area contributed by atoms with Crippen LogP contribution in [0.1, 0.15) is 18.9 Å². The lowest BCUT2D eigenvalue weighted by molar-refractivity contribution is -0.0819. The molecule has 0 aliphatic carbocycles. The van der Waals surface area contributed by atoms with Gasteiger partial charge in [0, 0.05) is 12.1 Å². The maximum atomic E-state index is 5.58. The van der Waals surface area contributed by atoms with E-state index in [0.29, 0.717) is 32.2 Å². The first-order chi connectivity index (χ1) is 9.35. The molecule has 106 valence electrons. The topological polar surface area (TPSA) is 94.3 Å². The van der Waals surface area contributed by atoms with Crippen LogP contribution in [-0.2, 0) is 15.9 Å². The molecule has 1 aliphatic rings. The van der Waals surface area contributed by atoms with Crippen molar-refractivity contribution < 1.29 is 9.47 Å². The lowest BCUT2D eigenvalue weighted by Crippen LogP contribution is -2.34. The van der Waals surface area contributed by atoms with Crippen molar-refractivity contribution in [1.82, 2.24) is 9.97 Å². The van der Waals surface area contributed by atoms with Gasteiger partial charge in [-0.2, -0.15) is 0 Å². The molecule has 4 N–H and O–H groups in total. The third-order valence-corrected chi connectivity index (χ3v) is 2.96. The number of aromatic nitrogens is 2. The van der Waals surface area contributed by atoms with Gasteiger partial charge in [-0.25, -0.2) is 15.8 Å². The lowest BCUT2D eigenvalue weighted by atomic mass is 10.1. The molecule has 0 amide bonds. The second-order valence-electron chi connectivity index (χ2n) is 4.39. The van der Waals surface area contributed by atoms with Crippen LogP contribution in [0.3, 0.4) is 0 Å². The number of nitrogens with zero attached hydrogens (tertiary/aromatic N) is 2. The standard InChI is InChI=1S/C12H21N5O2/c1-2-3-10-11(15-8-16-12(10)17-13)14-6-9-7-18-4-5-19-9/h8-9H,2-7,13H2,1H3,(H2,14,15,16,17). The van der Waals surface area contributed by atoms with E-state index >= 15 is 0 Å². The van der Waals surface area contributed by atoms with Gasteiger partial charge in [-0.1, -0.05) is 13.3 Å². The molecule has 0 spiro atoms. The summed E-state index contributed by atoms with van der Waals surface area (Å²) >= 11 is 0. The first kappa shape index (κ1) is 14.0. The fourth-order valence-corrected chi connectivity index (χ4v) is 2.04. The van der Waals surface area contributed by atoms with Crippen LogP contribution < -0.4 is 16.6 Å². The van der Waals surface area contributed by atoms with E-state index in [9.17, 15) is 0 Å². The number of ether oxygens (including phenoxy) is 2. The molecule has 1 saturated heterocycles. The molecule has 7 heteroatoms. The molecular weight excluding hydrogens is 246 g/mol. The fourth-order valence-electron chi connectivity index (χ4n) is 2.04. The molecule has 1 aromatic heterocycles. The monoisotopic (exact) mass is 267 g/mol. The number of nitrogens with two attached hydrogens (primary N) is 1. The first-order valence-corrected chi connectivity index (χ1v) is 6.58. The van der Waals surface area contributed by atoms with Crippen LogP contribution in [0.15, 0.2) is 6.33 Å². The minimum absolute atomic E-state index is 0.0625. The highest BCUT2D eigenvalue weighted by molar-refractivity contribution is 5.56. The minimum Gasteiger partial charge on any atom is -0.376 e. The van der Waals surface area contributed by atoms with Crippen LogP contribution in [0.25, 0.3) is 0 Å². The van der Waals surface area contributed by atoms with Crippen LogP contribution >= 0.6 is 0 Å². The van der Waals surface area contributed by atoms with Gasteiger partial charge < -0.3 is 20.2 Å². The summed E-state index contributed by atoms with van der Waals surface area (Å²) in [5.41, 5.74) is 3.62. The van der Waals surface area contributed by atoms with Gasteiger partial charge in [0.05, 0.1) is 25.9 Å². The number of hydrogen-bond acceptors (Lipinski definition) is 7. The zero-order valence-electron chi connectivity index (χ0n) is 11.2. The zero-order valence-corrected chi connectivity index (χ0v) is 11.2. The SMILES string of the molecule is CCCc1c(NN)ncnc1NCC1COCCO1. The first-order valence-electron chi connectivity index (χ1n) is 6.58. The van der Waals surface area contributed by atoms with Crippen molar-refractivity contribution in [2.24, 2.45) is 5.84 Å². The van der Waals surface area contributed by atoms with Gasteiger partial charge in [0.15, 0.2) is 0 Å². The molecule has 2 heterocycles. The Morgan fingerprint density at radius 3 is 2.89 bits per heavy atom. The molecule has 19 heavy (non-hydrogen) atoms. The Kier molecular flexibility index (Phi) is 5.31. The van der Waals surface area contributed by atoms with Crippen LogP contribution in [0.5, 0.6) is 0 Å². The Hall–Kier alpha value is -1.44. The van der Waals surface area contributed by atoms with E-state index in [4.69, 9.17) is 15.3 Å². The fraction of sp³-hybridized carbons (Fsp3) is 0.667. The molecule has 1 unspecified atom stereocenters. The summed E-state index contributed by atoms with van der Waals surface area (Å²) in [5.74, 6) is 6.95. The summed E-state index contributed by atoms with van der Waals surface area (Å²) in [6.07, 6.45) is 3.42. The van der Waals surface area contributed by atoms with Gasteiger partial charge >= 0.3 is 0 Å². The number of anilines is 2. The quantitative estimate of drug-likeness (QED) is 0.511. The molecular formula is C12H21N5O2. The summed E-state index contributed by atoms with van der Waals surface area (Å²) in [5, 5.41) is 3.29. The number of nitrogen functional groups attached to an aromatic ring is 1. The predicted octanol–water partition coefficient (Wildman–Crippen LogP) is 0.542. The van der Waals surface area contributed by atoms with Gasteiger partial charge in [0.2, 0.25) is 0 Å². The summed E-state index contributed by atoms with van der Waals surface area (Å²) in [7, 11) is 0. The second kappa shape index (κ2) is 7.22. The van der Waals surface area contributed by atoms with Gasteiger partial charge in [-0.05, 0) is 6.42 Å². The minimum atomic E-state index is 0.0625. The van der Waals surface area contributed by atoms with E-state index in [1.165, 1.54) is 6.33 Å².